The molecule has 72 heavy (non-hydrogen) atoms. The number of allylic oxidation sites excluding steroid dienone is 2. The van der Waals surface area contributed by atoms with Crippen LogP contribution in [0.25, 0.3) is 0 Å². The molecule has 0 rings (SSSR count). The molecule has 0 aromatic heterocycles. The van der Waals surface area contributed by atoms with Gasteiger partial charge in [0.2, 0.25) is 0 Å². The maximum absolute atomic E-state index is 12.8. The van der Waals surface area contributed by atoms with Gasteiger partial charge in [-0.25, -0.2) is 0 Å². The monoisotopic (exact) mass is 1010 g/mol. The minimum absolute atomic E-state index is 0.0652. The quantitative estimate of drug-likeness (QED) is 0.0261. The number of esters is 3. The molecule has 0 amide bonds. The summed E-state index contributed by atoms with van der Waals surface area (Å²) in [7, 11) is 0. The highest BCUT2D eigenvalue weighted by Gasteiger charge is 2.19. The number of hydrogen-bond acceptors (Lipinski definition) is 6. The van der Waals surface area contributed by atoms with E-state index in [9.17, 15) is 14.4 Å². The van der Waals surface area contributed by atoms with Crippen molar-refractivity contribution in [2.24, 2.45) is 0 Å². The average Bonchev–Trinajstić information content (AvgIpc) is 3.38. The Morgan fingerprint density at radius 1 is 0.264 bits per heavy atom. The molecule has 0 aromatic carbocycles. The normalized spacial score (nSPS) is 12.0. The van der Waals surface area contributed by atoms with E-state index < -0.39 is 6.10 Å². The van der Waals surface area contributed by atoms with Crippen LogP contribution in [0.1, 0.15) is 374 Å². The second kappa shape index (κ2) is 61.7. The van der Waals surface area contributed by atoms with Crippen LogP contribution in [0.2, 0.25) is 0 Å². The van der Waals surface area contributed by atoms with Crippen molar-refractivity contribution in [3.05, 3.63) is 12.2 Å². The SMILES string of the molecule is CCCCCCCCCC/C=C\CCCCCCCCCCCCCC(=O)OC(COC(=O)CCCCCCC)COC(=O)CCCCCCCCCCCCCCCCCCCCCCCCCCCC. The Hall–Kier alpha value is -1.85. The summed E-state index contributed by atoms with van der Waals surface area (Å²) in [5, 5.41) is 0. The minimum atomic E-state index is -0.764. The van der Waals surface area contributed by atoms with Gasteiger partial charge in [-0.1, -0.05) is 322 Å². The Labute approximate surface area is 450 Å². The molecule has 0 aliphatic heterocycles. The van der Waals surface area contributed by atoms with Gasteiger partial charge in [-0.2, -0.15) is 0 Å². The summed E-state index contributed by atoms with van der Waals surface area (Å²) in [6.45, 7) is 6.63. The van der Waals surface area contributed by atoms with Crippen molar-refractivity contribution >= 4 is 17.9 Å². The minimum Gasteiger partial charge on any atom is -0.462 e. The highest BCUT2D eigenvalue weighted by Crippen LogP contribution is 2.18. The molecule has 0 aliphatic rings. The third-order valence-corrected chi connectivity index (χ3v) is 15.0. The molecule has 0 fully saturated rings. The molecule has 6 nitrogen and oxygen atoms in total. The second-order valence-electron chi connectivity index (χ2n) is 22.4. The highest BCUT2D eigenvalue weighted by atomic mass is 16.6. The largest absolute Gasteiger partial charge is 0.462 e. The van der Waals surface area contributed by atoms with Gasteiger partial charge in [0.1, 0.15) is 13.2 Å². The van der Waals surface area contributed by atoms with Crippen LogP contribution in [-0.2, 0) is 28.6 Å². The molecule has 0 saturated carbocycles. The smallest absolute Gasteiger partial charge is 0.306 e. The van der Waals surface area contributed by atoms with Crippen molar-refractivity contribution in [1.82, 2.24) is 0 Å². The molecule has 0 aromatic rings. The molecule has 0 spiro atoms. The Bertz CT molecular complexity index is 1120. The molecule has 6 heteroatoms. The van der Waals surface area contributed by atoms with Gasteiger partial charge in [0, 0.05) is 19.3 Å². The van der Waals surface area contributed by atoms with Crippen LogP contribution in [-0.4, -0.2) is 37.2 Å². The molecule has 0 aliphatic carbocycles. The van der Waals surface area contributed by atoms with Crippen LogP contribution < -0.4 is 0 Å². The average molecular weight is 1020 g/mol. The summed E-state index contributed by atoms with van der Waals surface area (Å²) in [4.78, 5) is 37.9. The van der Waals surface area contributed by atoms with Gasteiger partial charge < -0.3 is 14.2 Å². The van der Waals surface area contributed by atoms with Crippen molar-refractivity contribution in [3.63, 3.8) is 0 Å². The van der Waals surface area contributed by atoms with E-state index >= 15 is 0 Å². The summed E-state index contributed by atoms with van der Waals surface area (Å²) in [5.74, 6) is -0.854. The van der Waals surface area contributed by atoms with E-state index in [0.29, 0.717) is 19.3 Å². The van der Waals surface area contributed by atoms with Gasteiger partial charge in [-0.15, -0.1) is 0 Å². The van der Waals surface area contributed by atoms with Gasteiger partial charge in [-0.3, -0.25) is 14.4 Å². The van der Waals surface area contributed by atoms with Crippen LogP contribution in [0.3, 0.4) is 0 Å². The Morgan fingerprint density at radius 2 is 0.458 bits per heavy atom. The zero-order valence-electron chi connectivity index (χ0n) is 49.0. The molecule has 0 bridgehead atoms. The number of unbranched alkanes of at least 4 members (excludes halogenated alkanes) is 48. The Kier molecular flexibility index (Phi) is 60.1. The Balaban J connectivity index is 3.96. The molecular formula is C66H126O6. The van der Waals surface area contributed by atoms with Gasteiger partial charge in [0.15, 0.2) is 6.10 Å². The van der Waals surface area contributed by atoms with E-state index in [-0.39, 0.29) is 31.1 Å². The first kappa shape index (κ1) is 70.1. The van der Waals surface area contributed by atoms with E-state index in [1.807, 2.05) is 0 Å². The third-order valence-electron chi connectivity index (χ3n) is 15.0. The molecule has 426 valence electrons. The molecule has 0 radical (unpaired) electrons. The number of hydrogen-bond donors (Lipinski definition) is 0. The van der Waals surface area contributed by atoms with E-state index in [1.54, 1.807) is 0 Å². The standard InChI is InChI=1S/C66H126O6/c1-4-7-10-13-15-17-19-21-23-25-27-29-31-32-33-35-36-38-40-42-44-46-48-50-53-56-59-65(68)71-62-63(61-70-64(67)58-55-52-12-9-6-3)72-66(69)60-57-54-51-49-47-45-43-41-39-37-34-30-28-26-24-22-20-18-16-14-11-8-5-2/h26,28,63H,4-25,27,29-62H2,1-3H3/b28-26-. The van der Waals surface area contributed by atoms with Gasteiger partial charge in [-0.05, 0) is 44.9 Å². The van der Waals surface area contributed by atoms with Crippen LogP contribution in [0, 0.1) is 0 Å². The predicted octanol–water partition coefficient (Wildman–Crippen LogP) is 22.1. The first-order valence-corrected chi connectivity index (χ1v) is 32.7. The fraction of sp³-hybridized carbons (Fsp3) is 0.924. The van der Waals surface area contributed by atoms with Crippen molar-refractivity contribution in [1.29, 1.82) is 0 Å². The van der Waals surface area contributed by atoms with Crippen molar-refractivity contribution in [2.75, 3.05) is 13.2 Å². The topological polar surface area (TPSA) is 78.9 Å². The molecule has 1 unspecified atom stereocenters. The fourth-order valence-electron chi connectivity index (χ4n) is 10.1. The van der Waals surface area contributed by atoms with E-state index in [4.69, 9.17) is 14.2 Å². The molecular weight excluding hydrogens is 889 g/mol. The number of rotatable bonds is 61. The lowest BCUT2D eigenvalue weighted by Gasteiger charge is -2.18. The van der Waals surface area contributed by atoms with E-state index in [0.717, 1.165) is 64.2 Å². The first-order valence-electron chi connectivity index (χ1n) is 32.7. The van der Waals surface area contributed by atoms with Crippen molar-refractivity contribution in [2.45, 2.75) is 380 Å². The second-order valence-corrected chi connectivity index (χ2v) is 22.4. The Morgan fingerprint density at radius 3 is 0.694 bits per heavy atom. The fourth-order valence-corrected chi connectivity index (χ4v) is 10.1. The maximum Gasteiger partial charge on any atom is 0.306 e. The predicted molar refractivity (Wildman–Crippen MR) is 312 cm³/mol. The number of carbonyl (C=O) groups is 3. The van der Waals surface area contributed by atoms with Crippen molar-refractivity contribution < 1.29 is 28.6 Å². The van der Waals surface area contributed by atoms with E-state index in [1.165, 1.54) is 270 Å². The molecule has 0 heterocycles. The lowest BCUT2D eigenvalue weighted by atomic mass is 10.0. The van der Waals surface area contributed by atoms with Crippen LogP contribution in [0.5, 0.6) is 0 Å². The van der Waals surface area contributed by atoms with Crippen molar-refractivity contribution in [3.8, 4) is 0 Å². The summed E-state index contributed by atoms with van der Waals surface area (Å²) in [5.41, 5.74) is 0. The zero-order valence-corrected chi connectivity index (χ0v) is 49.0. The highest BCUT2D eigenvalue weighted by molar-refractivity contribution is 5.71. The maximum atomic E-state index is 12.8. The van der Waals surface area contributed by atoms with Gasteiger partial charge in [0.25, 0.3) is 0 Å². The lowest BCUT2D eigenvalue weighted by molar-refractivity contribution is -0.167. The van der Waals surface area contributed by atoms with Crippen LogP contribution in [0.15, 0.2) is 12.2 Å². The number of ether oxygens (including phenoxy) is 3. The van der Waals surface area contributed by atoms with Crippen LogP contribution in [0.4, 0.5) is 0 Å². The van der Waals surface area contributed by atoms with Crippen LogP contribution >= 0.6 is 0 Å². The molecule has 1 atom stereocenters. The molecule has 0 N–H and O–H groups in total. The third kappa shape index (κ3) is 59.0. The number of carbonyl (C=O) groups excluding carboxylic acids is 3. The lowest BCUT2D eigenvalue weighted by Crippen LogP contribution is -2.30. The van der Waals surface area contributed by atoms with Gasteiger partial charge in [0.05, 0.1) is 0 Å². The van der Waals surface area contributed by atoms with E-state index in [2.05, 4.69) is 32.9 Å². The summed E-state index contributed by atoms with van der Waals surface area (Å²) in [6, 6.07) is 0. The summed E-state index contributed by atoms with van der Waals surface area (Å²) < 4.78 is 16.8. The summed E-state index contributed by atoms with van der Waals surface area (Å²) >= 11 is 0. The summed E-state index contributed by atoms with van der Waals surface area (Å²) in [6.07, 6.45) is 72.8. The first-order chi connectivity index (χ1) is 35.5. The zero-order chi connectivity index (χ0) is 52.2. The molecule has 0 saturated heterocycles. The van der Waals surface area contributed by atoms with Gasteiger partial charge >= 0.3 is 17.9 Å².